The summed E-state index contributed by atoms with van der Waals surface area (Å²) in [7, 11) is -4.27. The van der Waals surface area contributed by atoms with Crippen LogP contribution < -0.4 is 0 Å². The number of hydrogen-bond donors (Lipinski definition) is 3. The minimum atomic E-state index is -4.27. The molecule has 6 heteroatoms. The van der Waals surface area contributed by atoms with E-state index in [1.54, 1.807) is 0 Å². The van der Waals surface area contributed by atoms with Gasteiger partial charge in [-0.2, -0.15) is 0 Å². The van der Waals surface area contributed by atoms with Crippen LogP contribution in [0.4, 0.5) is 0 Å². The van der Waals surface area contributed by atoms with Gasteiger partial charge >= 0.3 is 13.6 Å². The monoisotopic (exact) mass is 194 g/mol. The molecule has 0 radical (unpaired) electrons. The van der Waals surface area contributed by atoms with E-state index >= 15 is 0 Å². The van der Waals surface area contributed by atoms with Crippen molar-refractivity contribution in [1.29, 1.82) is 0 Å². The normalized spacial score (nSPS) is 11.0. The van der Waals surface area contributed by atoms with Gasteiger partial charge in [-0.1, -0.05) is 5.57 Å². The summed E-state index contributed by atoms with van der Waals surface area (Å²) in [5.41, 5.74) is 0.189. The maximum absolute atomic E-state index is 10.4. The lowest BCUT2D eigenvalue weighted by Gasteiger charge is -2.05. The highest BCUT2D eigenvalue weighted by Gasteiger charge is 2.21. The van der Waals surface area contributed by atoms with Crippen molar-refractivity contribution in [3.05, 3.63) is 11.1 Å². The van der Waals surface area contributed by atoms with Gasteiger partial charge in [-0.15, -0.1) is 0 Å². The van der Waals surface area contributed by atoms with Crippen LogP contribution >= 0.6 is 7.60 Å². The van der Waals surface area contributed by atoms with Gasteiger partial charge in [0.1, 0.15) is 0 Å². The third-order valence-corrected chi connectivity index (χ3v) is 1.95. The molecule has 0 heterocycles. The van der Waals surface area contributed by atoms with Crippen molar-refractivity contribution in [1.82, 2.24) is 0 Å². The first-order valence-electron chi connectivity index (χ1n) is 3.18. The van der Waals surface area contributed by atoms with Crippen LogP contribution in [0.5, 0.6) is 0 Å². The van der Waals surface area contributed by atoms with Gasteiger partial charge in [0, 0.05) is 5.57 Å². The van der Waals surface area contributed by atoms with E-state index in [1.807, 2.05) is 0 Å². The molecule has 3 N–H and O–H groups in total. The molecule has 0 aromatic heterocycles. The van der Waals surface area contributed by atoms with Crippen molar-refractivity contribution < 1.29 is 24.3 Å². The Balaban J connectivity index is 4.72. The van der Waals surface area contributed by atoms with E-state index < -0.39 is 19.7 Å². The van der Waals surface area contributed by atoms with Gasteiger partial charge in [-0.25, -0.2) is 4.79 Å². The highest BCUT2D eigenvalue weighted by Crippen LogP contribution is 2.37. The molecule has 0 aromatic rings. The molecular formula is C6H11O5P. The molecule has 0 aromatic carbocycles. The van der Waals surface area contributed by atoms with Gasteiger partial charge in [0.15, 0.2) is 0 Å². The maximum Gasteiger partial charge on any atom is 0.332 e. The molecular weight excluding hydrogens is 183 g/mol. The van der Waals surface area contributed by atoms with Gasteiger partial charge in [-0.05, 0) is 13.8 Å². The maximum atomic E-state index is 10.4. The minimum Gasteiger partial charge on any atom is -0.478 e. The summed E-state index contributed by atoms with van der Waals surface area (Å²) in [5, 5.41) is 8.51. The zero-order valence-corrected chi connectivity index (χ0v) is 7.71. The first kappa shape index (κ1) is 11.4. The van der Waals surface area contributed by atoms with E-state index in [-0.39, 0.29) is 5.57 Å². The third kappa shape index (κ3) is 4.28. The number of hydrogen-bond acceptors (Lipinski definition) is 2. The molecule has 0 aliphatic heterocycles. The molecule has 0 rings (SSSR count). The van der Waals surface area contributed by atoms with Crippen LogP contribution in [0.1, 0.15) is 13.8 Å². The van der Waals surface area contributed by atoms with Crippen molar-refractivity contribution >= 4 is 13.6 Å². The van der Waals surface area contributed by atoms with Crippen LogP contribution in [-0.2, 0) is 9.36 Å². The lowest BCUT2D eigenvalue weighted by atomic mass is 10.2. The molecule has 70 valence electrons. The van der Waals surface area contributed by atoms with Crippen LogP contribution in [0.2, 0.25) is 0 Å². The fourth-order valence-corrected chi connectivity index (χ4v) is 1.51. The molecule has 0 amide bonds. The molecule has 0 atom stereocenters. The Hall–Kier alpha value is -0.640. The molecule has 0 saturated heterocycles. The molecule has 12 heavy (non-hydrogen) atoms. The van der Waals surface area contributed by atoms with E-state index in [9.17, 15) is 9.36 Å². The van der Waals surface area contributed by atoms with E-state index in [1.165, 1.54) is 13.8 Å². The standard InChI is InChI=1S/C6H11O5P/c1-4(2)5(6(7)8)3-12(9,10)11/h3H2,1-2H3,(H,7,8)(H2,9,10,11). The lowest BCUT2D eigenvalue weighted by molar-refractivity contribution is -0.132. The van der Waals surface area contributed by atoms with E-state index in [0.717, 1.165) is 0 Å². The van der Waals surface area contributed by atoms with Crippen molar-refractivity contribution in [3.63, 3.8) is 0 Å². The average molecular weight is 194 g/mol. The lowest BCUT2D eigenvalue weighted by Crippen LogP contribution is -2.07. The molecule has 0 fully saturated rings. The van der Waals surface area contributed by atoms with Gasteiger partial charge in [0.25, 0.3) is 0 Å². The van der Waals surface area contributed by atoms with Crippen LogP contribution in [0.25, 0.3) is 0 Å². The molecule has 0 spiro atoms. The molecule has 0 saturated carbocycles. The number of rotatable bonds is 3. The Morgan fingerprint density at radius 2 is 1.75 bits per heavy atom. The van der Waals surface area contributed by atoms with Gasteiger partial charge in [0.2, 0.25) is 0 Å². The fourth-order valence-electron chi connectivity index (χ4n) is 0.646. The van der Waals surface area contributed by atoms with Crippen LogP contribution in [0.15, 0.2) is 11.1 Å². The van der Waals surface area contributed by atoms with Crippen molar-refractivity contribution in [2.45, 2.75) is 13.8 Å². The van der Waals surface area contributed by atoms with Crippen molar-refractivity contribution in [2.75, 3.05) is 6.16 Å². The van der Waals surface area contributed by atoms with E-state index in [2.05, 4.69) is 0 Å². The second-order valence-corrected chi connectivity index (χ2v) is 4.25. The summed E-state index contributed by atoms with van der Waals surface area (Å²) in [5.74, 6) is -1.28. The highest BCUT2D eigenvalue weighted by atomic mass is 31.2. The number of carboxylic acid groups (broad SMARTS) is 1. The molecule has 0 aliphatic carbocycles. The Bertz CT molecular complexity index is 257. The summed E-state index contributed by atoms with van der Waals surface area (Å²) in [4.78, 5) is 27.4. The second kappa shape index (κ2) is 3.85. The largest absolute Gasteiger partial charge is 0.478 e. The topological polar surface area (TPSA) is 94.8 Å². The average Bonchev–Trinajstić information content (AvgIpc) is 1.79. The van der Waals surface area contributed by atoms with Gasteiger partial charge in [-0.3, -0.25) is 4.57 Å². The number of carbonyl (C=O) groups is 1. The Morgan fingerprint density at radius 3 is 1.83 bits per heavy atom. The zero-order chi connectivity index (χ0) is 9.94. The minimum absolute atomic E-state index is 0.219. The van der Waals surface area contributed by atoms with Crippen molar-refractivity contribution in [2.24, 2.45) is 0 Å². The summed E-state index contributed by atoms with van der Waals surface area (Å²) in [6, 6.07) is 0. The SMILES string of the molecule is CC(C)=C(CP(=O)(O)O)C(=O)O. The summed E-state index contributed by atoms with van der Waals surface area (Å²) < 4.78 is 10.4. The summed E-state index contributed by atoms with van der Waals surface area (Å²) >= 11 is 0. The van der Waals surface area contributed by atoms with Gasteiger partial charge < -0.3 is 14.9 Å². The predicted octanol–water partition coefficient (Wildman–Crippen LogP) is 0.585. The second-order valence-electron chi connectivity index (χ2n) is 2.61. The first-order chi connectivity index (χ1) is 5.24. The molecule has 0 unspecified atom stereocenters. The number of aliphatic carboxylic acids is 1. The van der Waals surface area contributed by atoms with Crippen molar-refractivity contribution in [3.8, 4) is 0 Å². The number of allylic oxidation sites excluding steroid dienone is 1. The highest BCUT2D eigenvalue weighted by molar-refractivity contribution is 7.52. The van der Waals surface area contributed by atoms with E-state index in [4.69, 9.17) is 14.9 Å². The van der Waals surface area contributed by atoms with Gasteiger partial charge in [0.05, 0.1) is 6.16 Å². The molecule has 5 nitrogen and oxygen atoms in total. The van der Waals surface area contributed by atoms with E-state index in [0.29, 0.717) is 5.57 Å². The Morgan fingerprint density at radius 1 is 1.33 bits per heavy atom. The zero-order valence-electron chi connectivity index (χ0n) is 6.81. The van der Waals surface area contributed by atoms with Crippen LogP contribution in [0.3, 0.4) is 0 Å². The van der Waals surface area contributed by atoms with Crippen LogP contribution in [0, 0.1) is 0 Å². The third-order valence-electron chi connectivity index (χ3n) is 1.23. The predicted molar refractivity (Wildman–Crippen MR) is 42.9 cm³/mol. The summed E-state index contributed by atoms with van der Waals surface area (Å²) in [6.45, 7) is 3.00. The quantitative estimate of drug-likeness (QED) is 0.451. The Kier molecular flexibility index (Phi) is 3.64. The smallest absolute Gasteiger partial charge is 0.332 e. The molecule has 0 aliphatic rings. The molecule has 0 bridgehead atoms. The number of carboxylic acids is 1. The van der Waals surface area contributed by atoms with Crippen LogP contribution in [-0.4, -0.2) is 27.0 Å². The first-order valence-corrected chi connectivity index (χ1v) is 4.98. The summed E-state index contributed by atoms with van der Waals surface area (Å²) in [6.07, 6.45) is -0.704. The fraction of sp³-hybridized carbons (Fsp3) is 0.500. The Labute approximate surface area is 69.9 Å².